The molecule has 0 bridgehead atoms. The van der Waals surface area contributed by atoms with Gasteiger partial charge in [-0.1, -0.05) is 96.8 Å². The fourth-order valence-electron chi connectivity index (χ4n) is 4.80. The van der Waals surface area contributed by atoms with Crippen molar-refractivity contribution < 1.29 is 42.3 Å². The Morgan fingerprint density at radius 1 is 1.02 bits per heavy atom. The molecule has 42 heavy (non-hydrogen) atoms. The van der Waals surface area contributed by atoms with Gasteiger partial charge in [-0.3, -0.25) is 13.9 Å². The molecule has 2 heterocycles. The number of nitrogens with zero attached hydrogens (tertiary/aromatic N) is 2. The second kappa shape index (κ2) is 20.3. The summed E-state index contributed by atoms with van der Waals surface area (Å²) in [5, 5.41) is 12.3. The first-order valence-corrected chi connectivity index (χ1v) is 16.3. The number of phosphoric ester groups is 1. The van der Waals surface area contributed by atoms with Gasteiger partial charge < -0.3 is 24.9 Å². The van der Waals surface area contributed by atoms with E-state index < -0.39 is 44.5 Å². The third-order valence-corrected chi connectivity index (χ3v) is 7.63. The number of halogens is 2. The van der Waals surface area contributed by atoms with Crippen LogP contribution in [-0.4, -0.2) is 84.6 Å². The molecule has 0 radical (unpaired) electrons. The van der Waals surface area contributed by atoms with Crippen molar-refractivity contribution in [1.29, 1.82) is 0 Å². The first-order valence-electron chi connectivity index (χ1n) is 14.8. The van der Waals surface area contributed by atoms with E-state index in [0.29, 0.717) is 11.0 Å². The molecule has 1 aromatic heterocycles. The van der Waals surface area contributed by atoms with E-state index in [9.17, 15) is 28.0 Å². The van der Waals surface area contributed by atoms with Crippen LogP contribution in [0.3, 0.4) is 0 Å². The molecule has 1 amide bonds. The van der Waals surface area contributed by atoms with Crippen LogP contribution in [0.15, 0.2) is 17.1 Å². The molecule has 15 heteroatoms. The number of aliphatic hydroxyl groups is 1. The SMILES string of the molecule is CCCCCCCCCCCCCCCCCC(=O)Nc1ccn([C@@H]2O[C@H](COP(=O)(O)O)C(O)C2(F)F)c(=O)n1.[NaH]. The number of rotatable bonds is 21. The van der Waals surface area contributed by atoms with Gasteiger partial charge in [0.15, 0.2) is 6.10 Å². The van der Waals surface area contributed by atoms with Gasteiger partial charge in [-0.05, 0) is 12.5 Å². The van der Waals surface area contributed by atoms with Crippen LogP contribution in [0, 0.1) is 0 Å². The molecule has 1 aliphatic rings. The fraction of sp³-hybridized carbons (Fsp3) is 0.815. The van der Waals surface area contributed by atoms with E-state index in [-0.39, 0.29) is 47.7 Å². The quantitative estimate of drug-likeness (QED) is 0.0847. The standard InChI is InChI=1S/C27H46F2N3O8P.Na.H/c1-2-3-4-5-6-7-8-9-10-11-12-13-14-15-16-17-23(33)30-22-18-19-32(26(35)31-22)25-27(28,29)24(34)21(40-25)20-39-41(36,37)38;;/h18-19,21,24-25,34H,2-17,20H2,1H3,(H2,36,37,38)(H,30,31,33,35);;/t21-,24?,25-;;/m1../s1. The normalized spacial score (nSPS) is 19.9. The number of phosphoric acid groups is 1. The molecule has 4 N–H and O–H groups in total. The summed E-state index contributed by atoms with van der Waals surface area (Å²) in [6.07, 6.45) is 12.8. The molecule has 1 aliphatic heterocycles. The van der Waals surface area contributed by atoms with E-state index in [1.54, 1.807) is 0 Å². The first-order chi connectivity index (χ1) is 19.5. The van der Waals surface area contributed by atoms with Crippen LogP contribution in [0.2, 0.25) is 0 Å². The fourth-order valence-corrected chi connectivity index (χ4v) is 5.14. The Morgan fingerprint density at radius 3 is 2.00 bits per heavy atom. The van der Waals surface area contributed by atoms with Gasteiger partial charge in [-0.15, -0.1) is 0 Å². The average molecular weight is 634 g/mol. The predicted molar refractivity (Wildman–Crippen MR) is 157 cm³/mol. The summed E-state index contributed by atoms with van der Waals surface area (Å²) in [5.74, 6) is -4.44. The number of amides is 1. The zero-order valence-electron chi connectivity index (χ0n) is 23.9. The number of unbranched alkanes of at least 4 members (excludes halogenated alkanes) is 14. The molecule has 2 rings (SSSR count). The van der Waals surface area contributed by atoms with Crippen molar-refractivity contribution in [3.05, 3.63) is 22.7 Å². The molecule has 0 saturated carbocycles. The Labute approximate surface area is 268 Å². The number of anilines is 1. The third kappa shape index (κ3) is 14.3. The molecule has 1 unspecified atom stereocenters. The molecule has 0 aromatic carbocycles. The van der Waals surface area contributed by atoms with Crippen molar-refractivity contribution in [2.75, 3.05) is 11.9 Å². The maximum atomic E-state index is 14.5. The van der Waals surface area contributed by atoms with Gasteiger partial charge in [-0.2, -0.15) is 13.8 Å². The number of aliphatic hydroxyl groups excluding tert-OH is 1. The summed E-state index contributed by atoms with van der Waals surface area (Å²) in [4.78, 5) is 45.7. The second-order valence-electron chi connectivity index (χ2n) is 10.7. The van der Waals surface area contributed by atoms with E-state index >= 15 is 0 Å². The molecule has 1 saturated heterocycles. The monoisotopic (exact) mass is 633 g/mol. The van der Waals surface area contributed by atoms with Crippen LogP contribution in [0.4, 0.5) is 14.6 Å². The summed E-state index contributed by atoms with van der Waals surface area (Å²) in [5.41, 5.74) is -1.16. The zero-order valence-corrected chi connectivity index (χ0v) is 24.8. The molecule has 0 spiro atoms. The zero-order chi connectivity index (χ0) is 30.3. The van der Waals surface area contributed by atoms with Crippen molar-refractivity contribution in [1.82, 2.24) is 9.55 Å². The number of hydrogen-bond donors (Lipinski definition) is 4. The Bertz CT molecular complexity index is 1030. The van der Waals surface area contributed by atoms with Crippen molar-refractivity contribution in [2.24, 2.45) is 0 Å². The Kier molecular flexibility index (Phi) is 19.0. The number of alkyl halides is 2. The molecular weight excluding hydrogens is 586 g/mol. The van der Waals surface area contributed by atoms with E-state index in [4.69, 9.17) is 14.5 Å². The molecule has 3 atom stereocenters. The van der Waals surface area contributed by atoms with Crippen LogP contribution >= 0.6 is 7.82 Å². The van der Waals surface area contributed by atoms with E-state index in [2.05, 4.69) is 21.7 Å². The van der Waals surface area contributed by atoms with Crippen molar-refractivity contribution in [2.45, 2.75) is 134 Å². The Balaban J connectivity index is 0.00000882. The van der Waals surface area contributed by atoms with Crippen LogP contribution in [0.25, 0.3) is 0 Å². The molecular formula is C27H47F2N3NaO8P. The summed E-state index contributed by atoms with van der Waals surface area (Å²) in [7, 11) is -4.99. The minimum atomic E-state index is -4.99. The summed E-state index contributed by atoms with van der Waals surface area (Å²) < 4.78 is 49.5. The first kappa shape index (κ1) is 39.3. The molecule has 238 valence electrons. The van der Waals surface area contributed by atoms with Gasteiger partial charge in [0, 0.05) is 12.6 Å². The number of ether oxygens (including phenoxy) is 1. The van der Waals surface area contributed by atoms with Crippen LogP contribution < -0.4 is 11.0 Å². The number of nitrogens with one attached hydrogen (secondary N) is 1. The van der Waals surface area contributed by atoms with Crippen LogP contribution in [0.5, 0.6) is 0 Å². The van der Waals surface area contributed by atoms with Gasteiger partial charge in [0.2, 0.25) is 12.1 Å². The van der Waals surface area contributed by atoms with E-state index in [1.807, 2.05) is 0 Å². The minimum absolute atomic E-state index is 0. The van der Waals surface area contributed by atoms with Crippen LogP contribution in [-0.2, 0) is 18.6 Å². The number of carbonyl (C=O) groups is 1. The predicted octanol–water partition coefficient (Wildman–Crippen LogP) is 4.80. The maximum absolute atomic E-state index is 14.5. The van der Waals surface area contributed by atoms with Crippen LogP contribution in [0.1, 0.15) is 116 Å². The molecule has 0 aliphatic carbocycles. The van der Waals surface area contributed by atoms with Crippen molar-refractivity contribution in [3.8, 4) is 0 Å². The molecule has 1 fully saturated rings. The topological polar surface area (TPSA) is 160 Å². The third-order valence-electron chi connectivity index (χ3n) is 7.14. The van der Waals surface area contributed by atoms with Crippen molar-refractivity contribution >= 4 is 49.1 Å². The average Bonchev–Trinajstić information content (AvgIpc) is 3.12. The van der Waals surface area contributed by atoms with Gasteiger partial charge in [0.05, 0.1) is 6.61 Å². The number of carbonyl (C=O) groups excluding carboxylic acids is 1. The number of aromatic nitrogens is 2. The van der Waals surface area contributed by atoms with Gasteiger partial charge in [0.25, 0.3) is 0 Å². The van der Waals surface area contributed by atoms with E-state index in [0.717, 1.165) is 31.5 Å². The summed E-state index contributed by atoms with van der Waals surface area (Å²) in [6.45, 7) is 1.21. The summed E-state index contributed by atoms with van der Waals surface area (Å²) in [6, 6.07) is 1.15. The molecule has 11 nitrogen and oxygen atoms in total. The number of hydrogen-bond acceptors (Lipinski definition) is 7. The van der Waals surface area contributed by atoms with Gasteiger partial charge in [0.1, 0.15) is 11.9 Å². The Morgan fingerprint density at radius 2 is 1.52 bits per heavy atom. The van der Waals surface area contributed by atoms with Gasteiger partial charge >= 0.3 is 49.0 Å². The Hall–Kier alpha value is -0.760. The second-order valence-corrected chi connectivity index (χ2v) is 11.9. The van der Waals surface area contributed by atoms with Gasteiger partial charge in [-0.25, -0.2) is 9.36 Å². The summed E-state index contributed by atoms with van der Waals surface area (Å²) >= 11 is 0. The van der Waals surface area contributed by atoms with E-state index in [1.165, 1.54) is 70.6 Å². The molecule has 1 aromatic rings. The van der Waals surface area contributed by atoms with Crippen molar-refractivity contribution in [3.63, 3.8) is 0 Å².